The van der Waals surface area contributed by atoms with Crippen molar-refractivity contribution >= 4 is 0 Å². The Morgan fingerprint density at radius 1 is 1.00 bits per heavy atom. The third kappa shape index (κ3) is 4.89. The number of hydrogen-bond acceptors (Lipinski definition) is 3. The summed E-state index contributed by atoms with van der Waals surface area (Å²) < 4.78 is 46.5. The Morgan fingerprint density at radius 2 is 1.67 bits per heavy atom. The van der Waals surface area contributed by atoms with Crippen molar-refractivity contribution in [1.82, 2.24) is 14.7 Å². The van der Waals surface area contributed by atoms with E-state index in [-0.39, 0.29) is 0 Å². The molecule has 2 fully saturated rings. The minimum Gasteiger partial charge on any atom is -0.381 e. The second-order valence-corrected chi connectivity index (χ2v) is 8.54. The number of benzene rings is 1. The van der Waals surface area contributed by atoms with Crippen LogP contribution < -0.4 is 0 Å². The highest BCUT2D eigenvalue weighted by Gasteiger charge is 2.30. The second kappa shape index (κ2) is 9.10. The van der Waals surface area contributed by atoms with Crippen LogP contribution in [0.5, 0.6) is 0 Å². The van der Waals surface area contributed by atoms with Gasteiger partial charge >= 0.3 is 6.18 Å². The highest BCUT2D eigenvalue weighted by atomic mass is 19.4. The first-order chi connectivity index (χ1) is 14.4. The number of hydrogen-bond donors (Lipinski definition) is 0. The number of ether oxygens (including phenoxy) is 1. The minimum atomic E-state index is -4.32. The van der Waals surface area contributed by atoms with E-state index in [1.807, 2.05) is 0 Å². The molecule has 30 heavy (non-hydrogen) atoms. The predicted octanol–water partition coefficient (Wildman–Crippen LogP) is 5.68. The Morgan fingerprint density at radius 3 is 2.27 bits per heavy atom. The van der Waals surface area contributed by atoms with Gasteiger partial charge in [0, 0.05) is 26.7 Å². The summed E-state index contributed by atoms with van der Waals surface area (Å²) in [5.41, 5.74) is 2.10. The average Bonchev–Trinajstić information content (AvgIpc) is 3.18. The van der Waals surface area contributed by atoms with Gasteiger partial charge in [-0.25, -0.2) is 0 Å². The highest BCUT2D eigenvalue weighted by molar-refractivity contribution is 5.61. The molecule has 2 aliphatic rings. The summed E-state index contributed by atoms with van der Waals surface area (Å²) in [4.78, 5) is 2.39. The fourth-order valence-corrected chi connectivity index (χ4v) is 4.70. The molecule has 0 bridgehead atoms. The number of alkyl halides is 3. The van der Waals surface area contributed by atoms with E-state index in [1.165, 1.54) is 31.4 Å². The zero-order valence-corrected chi connectivity index (χ0v) is 17.5. The zero-order valence-electron chi connectivity index (χ0n) is 17.5. The molecule has 1 saturated heterocycles. The van der Waals surface area contributed by atoms with Crippen molar-refractivity contribution in [2.75, 3.05) is 20.2 Å². The summed E-state index contributed by atoms with van der Waals surface area (Å²) in [6.07, 6.45) is 3.81. The summed E-state index contributed by atoms with van der Waals surface area (Å²) in [6.45, 7) is 2.72. The molecule has 0 spiro atoms. The molecule has 0 radical (unpaired) electrons. The van der Waals surface area contributed by atoms with Crippen molar-refractivity contribution in [2.45, 2.75) is 69.8 Å². The van der Waals surface area contributed by atoms with E-state index in [0.29, 0.717) is 12.1 Å². The van der Waals surface area contributed by atoms with Gasteiger partial charge in [0.05, 0.1) is 29.1 Å². The lowest BCUT2D eigenvalue weighted by atomic mass is 9.95. The Kier molecular flexibility index (Phi) is 6.48. The SMILES string of the molecule is COC1CCN(Cc2cc(-c3ccc(C(F)(F)F)cc3)n(C3CCCCC3)n2)CC1. The first-order valence-electron chi connectivity index (χ1n) is 11.0. The average molecular weight is 422 g/mol. The zero-order chi connectivity index (χ0) is 21.1. The van der Waals surface area contributed by atoms with Gasteiger partial charge in [-0.3, -0.25) is 9.58 Å². The molecule has 2 aromatic rings. The van der Waals surface area contributed by atoms with Gasteiger partial charge in [-0.15, -0.1) is 0 Å². The van der Waals surface area contributed by atoms with Crippen molar-refractivity contribution in [2.24, 2.45) is 0 Å². The lowest BCUT2D eigenvalue weighted by molar-refractivity contribution is -0.137. The molecular weight excluding hydrogens is 391 g/mol. The molecule has 1 aliphatic carbocycles. The molecule has 0 atom stereocenters. The standard InChI is InChI=1S/C23H30F3N3O/c1-30-21-11-13-28(14-12-21)16-19-15-22(29(27-19)20-5-3-2-4-6-20)17-7-9-18(10-8-17)23(24,25)26/h7-10,15,20-21H,2-6,11-14,16H2,1H3. The molecule has 0 N–H and O–H groups in total. The van der Waals surface area contributed by atoms with Crippen molar-refractivity contribution in [3.8, 4) is 11.3 Å². The van der Waals surface area contributed by atoms with Gasteiger partial charge in [0.15, 0.2) is 0 Å². The monoisotopic (exact) mass is 421 g/mol. The van der Waals surface area contributed by atoms with Crippen LogP contribution in [0.15, 0.2) is 30.3 Å². The van der Waals surface area contributed by atoms with Crippen LogP contribution in [0.4, 0.5) is 13.2 Å². The van der Waals surface area contributed by atoms with E-state index in [9.17, 15) is 13.2 Å². The fraction of sp³-hybridized carbons (Fsp3) is 0.609. The topological polar surface area (TPSA) is 30.3 Å². The van der Waals surface area contributed by atoms with Gasteiger partial charge in [-0.05, 0) is 49.4 Å². The number of nitrogens with zero attached hydrogens (tertiary/aromatic N) is 3. The molecule has 1 aromatic carbocycles. The predicted molar refractivity (Wildman–Crippen MR) is 110 cm³/mol. The Balaban J connectivity index is 1.58. The van der Waals surface area contributed by atoms with Crippen molar-refractivity contribution in [3.05, 3.63) is 41.6 Å². The first-order valence-corrected chi connectivity index (χ1v) is 11.0. The Bertz CT molecular complexity index is 817. The van der Waals surface area contributed by atoms with Gasteiger partial charge in [0.1, 0.15) is 0 Å². The lowest BCUT2D eigenvalue weighted by Gasteiger charge is -2.30. The summed E-state index contributed by atoms with van der Waals surface area (Å²) in [5, 5.41) is 4.94. The van der Waals surface area contributed by atoms with Crippen LogP contribution in [0.25, 0.3) is 11.3 Å². The number of aromatic nitrogens is 2. The maximum atomic E-state index is 13.0. The normalized spacial score (nSPS) is 20.0. The molecule has 0 unspecified atom stereocenters. The number of rotatable bonds is 5. The van der Waals surface area contributed by atoms with Crippen LogP contribution >= 0.6 is 0 Å². The summed E-state index contributed by atoms with van der Waals surface area (Å²) in [6, 6.07) is 7.88. The maximum Gasteiger partial charge on any atom is 0.416 e. The Hall–Kier alpha value is -1.86. The first kappa shape index (κ1) is 21.4. The molecule has 1 aromatic heterocycles. The van der Waals surface area contributed by atoms with Gasteiger partial charge in [0.2, 0.25) is 0 Å². The maximum absolute atomic E-state index is 13.0. The number of likely N-dealkylation sites (tertiary alicyclic amines) is 1. The van der Waals surface area contributed by atoms with Crippen molar-refractivity contribution in [3.63, 3.8) is 0 Å². The van der Waals surface area contributed by atoms with Gasteiger partial charge in [-0.1, -0.05) is 31.4 Å². The van der Waals surface area contributed by atoms with Crippen molar-refractivity contribution in [1.29, 1.82) is 0 Å². The molecule has 7 heteroatoms. The molecule has 4 rings (SSSR count). The van der Waals surface area contributed by atoms with E-state index in [4.69, 9.17) is 9.84 Å². The van der Waals surface area contributed by atoms with E-state index in [2.05, 4.69) is 15.6 Å². The molecule has 164 valence electrons. The van der Waals surface area contributed by atoms with Crippen LogP contribution in [0.2, 0.25) is 0 Å². The van der Waals surface area contributed by atoms with E-state index < -0.39 is 11.7 Å². The molecule has 2 heterocycles. The quantitative estimate of drug-likeness (QED) is 0.622. The fourth-order valence-electron chi connectivity index (χ4n) is 4.70. The molecule has 0 amide bonds. The smallest absolute Gasteiger partial charge is 0.381 e. The summed E-state index contributed by atoms with van der Waals surface area (Å²) >= 11 is 0. The van der Waals surface area contributed by atoms with Crippen LogP contribution in [-0.4, -0.2) is 41.0 Å². The molecule has 1 saturated carbocycles. The lowest BCUT2D eigenvalue weighted by Crippen LogP contribution is -2.36. The largest absolute Gasteiger partial charge is 0.416 e. The van der Waals surface area contributed by atoms with Crippen LogP contribution in [0, 0.1) is 0 Å². The number of piperidine rings is 1. The van der Waals surface area contributed by atoms with Gasteiger partial charge in [0.25, 0.3) is 0 Å². The van der Waals surface area contributed by atoms with Crippen molar-refractivity contribution < 1.29 is 17.9 Å². The highest BCUT2D eigenvalue weighted by Crippen LogP contribution is 2.35. The van der Waals surface area contributed by atoms with E-state index >= 15 is 0 Å². The van der Waals surface area contributed by atoms with Gasteiger partial charge < -0.3 is 4.74 Å². The molecule has 1 aliphatic heterocycles. The third-order valence-corrected chi connectivity index (χ3v) is 6.47. The number of methoxy groups -OCH3 is 1. The molecular formula is C23H30F3N3O. The third-order valence-electron chi connectivity index (χ3n) is 6.47. The van der Waals surface area contributed by atoms with Gasteiger partial charge in [-0.2, -0.15) is 18.3 Å². The molecule has 4 nitrogen and oxygen atoms in total. The Labute approximate surface area is 176 Å². The van der Waals surface area contributed by atoms with Crippen LogP contribution in [0.3, 0.4) is 0 Å². The van der Waals surface area contributed by atoms with E-state index in [1.54, 1.807) is 19.2 Å². The number of halogens is 3. The van der Waals surface area contributed by atoms with Crippen LogP contribution in [0.1, 0.15) is 62.2 Å². The van der Waals surface area contributed by atoms with Crippen LogP contribution in [-0.2, 0) is 17.5 Å². The summed E-state index contributed by atoms with van der Waals surface area (Å²) in [5.74, 6) is 0. The van der Waals surface area contributed by atoms with E-state index in [0.717, 1.165) is 62.3 Å². The summed E-state index contributed by atoms with van der Waals surface area (Å²) in [7, 11) is 1.77. The second-order valence-electron chi connectivity index (χ2n) is 8.54. The minimum absolute atomic E-state index is 0.323.